The molecule has 1 aliphatic heterocycles. The first kappa shape index (κ1) is 24.8. The number of fused-ring (bicyclic) bond motifs is 1. The summed E-state index contributed by atoms with van der Waals surface area (Å²) in [4.78, 5) is 4.66. The van der Waals surface area contributed by atoms with Crippen molar-refractivity contribution in [2.75, 3.05) is 7.05 Å². The largest absolute Gasteiger partial charge is 0.487 e. The molecule has 0 spiro atoms. The van der Waals surface area contributed by atoms with Gasteiger partial charge < -0.3 is 15.4 Å². The minimum Gasteiger partial charge on any atom is -0.487 e. The van der Waals surface area contributed by atoms with Gasteiger partial charge in [0.1, 0.15) is 11.4 Å². The molecule has 0 radical (unpaired) electrons. The molecule has 1 atom stereocenters. The number of ether oxygens (including phenoxy) is 1. The van der Waals surface area contributed by atoms with Gasteiger partial charge in [-0.05, 0) is 50.5 Å². The van der Waals surface area contributed by atoms with E-state index in [0.717, 1.165) is 36.1 Å². The van der Waals surface area contributed by atoms with E-state index in [4.69, 9.17) is 4.74 Å². The Morgan fingerprint density at radius 3 is 2.47 bits per heavy atom. The minimum atomic E-state index is -3.43. The van der Waals surface area contributed by atoms with E-state index in [0.29, 0.717) is 17.4 Å². The number of aliphatic imine (C=N–C) groups is 1. The zero-order chi connectivity index (χ0) is 22.1. The number of hydrogen-bond acceptors (Lipinski definition) is 4. The number of hydrogen-bond donors (Lipinski definition) is 3. The molecule has 0 saturated heterocycles. The fourth-order valence-electron chi connectivity index (χ4n) is 3.75. The van der Waals surface area contributed by atoms with Crippen LogP contribution in [0.4, 0.5) is 0 Å². The van der Waals surface area contributed by atoms with Gasteiger partial charge in [0.2, 0.25) is 10.0 Å². The topological polar surface area (TPSA) is 91.8 Å². The highest BCUT2D eigenvalue weighted by atomic mass is 127. The number of nitrogens with zero attached hydrogens (tertiary/aromatic N) is 1. The van der Waals surface area contributed by atoms with Gasteiger partial charge in [0.25, 0.3) is 0 Å². The molecule has 2 aromatic carbocycles. The van der Waals surface area contributed by atoms with Crippen LogP contribution in [0, 0.1) is 0 Å². The summed E-state index contributed by atoms with van der Waals surface area (Å²) in [6, 6.07) is 15.2. The van der Waals surface area contributed by atoms with E-state index in [-0.39, 0.29) is 41.7 Å². The summed E-state index contributed by atoms with van der Waals surface area (Å²) in [5.41, 5.74) is 1.81. The van der Waals surface area contributed by atoms with E-state index in [1.54, 1.807) is 19.2 Å². The van der Waals surface area contributed by atoms with Crippen LogP contribution in [-0.4, -0.2) is 33.1 Å². The average molecular weight is 570 g/mol. The first-order valence-corrected chi connectivity index (χ1v) is 12.1. The standard InChI is InChI=1S/C23H30N4O3S.HI/c1-23(2)14-20(19-6-4-5-7-21(19)30-23)26-22(24-3)25-15-16-8-12-18(13-9-16)31(28,29)27-17-10-11-17;/h4-9,12-13,17,20,27H,10-11,14-15H2,1-3H3,(H2,24,25,26);1H. The van der Waals surface area contributed by atoms with Gasteiger partial charge in [-0.2, -0.15) is 0 Å². The highest BCUT2D eigenvalue weighted by molar-refractivity contribution is 14.0. The van der Waals surface area contributed by atoms with Gasteiger partial charge >= 0.3 is 0 Å². The van der Waals surface area contributed by atoms with Gasteiger partial charge in [0, 0.05) is 31.6 Å². The van der Waals surface area contributed by atoms with Crippen LogP contribution in [0.3, 0.4) is 0 Å². The van der Waals surface area contributed by atoms with Crippen molar-refractivity contribution >= 4 is 40.0 Å². The predicted molar refractivity (Wildman–Crippen MR) is 137 cm³/mol. The molecular formula is C23H31IN4O3S. The van der Waals surface area contributed by atoms with Crippen LogP contribution in [0.1, 0.15) is 50.3 Å². The molecule has 174 valence electrons. The van der Waals surface area contributed by atoms with Crippen LogP contribution in [0.5, 0.6) is 5.75 Å². The number of benzene rings is 2. The zero-order valence-corrected chi connectivity index (χ0v) is 21.7. The molecule has 1 saturated carbocycles. The second-order valence-corrected chi connectivity index (χ2v) is 10.5. The van der Waals surface area contributed by atoms with Gasteiger partial charge in [-0.3, -0.25) is 4.99 Å². The Bertz CT molecular complexity index is 1070. The Kier molecular flexibility index (Phi) is 7.72. The van der Waals surface area contributed by atoms with Crippen LogP contribution in [0.25, 0.3) is 0 Å². The zero-order valence-electron chi connectivity index (χ0n) is 18.6. The lowest BCUT2D eigenvalue weighted by Crippen LogP contribution is -2.45. The Labute approximate surface area is 207 Å². The van der Waals surface area contributed by atoms with Crippen LogP contribution in [0.15, 0.2) is 58.4 Å². The number of rotatable bonds is 6. The summed E-state index contributed by atoms with van der Waals surface area (Å²) in [5, 5.41) is 6.83. The number of guanidine groups is 1. The van der Waals surface area contributed by atoms with E-state index < -0.39 is 10.0 Å². The third kappa shape index (κ3) is 6.14. The second-order valence-electron chi connectivity index (χ2n) is 8.77. The van der Waals surface area contributed by atoms with Crippen LogP contribution in [-0.2, 0) is 16.6 Å². The highest BCUT2D eigenvalue weighted by Gasteiger charge is 2.34. The molecule has 0 amide bonds. The average Bonchev–Trinajstić information content (AvgIpc) is 3.53. The maximum atomic E-state index is 12.3. The van der Waals surface area contributed by atoms with E-state index in [9.17, 15) is 8.42 Å². The molecule has 2 aliphatic rings. The van der Waals surface area contributed by atoms with Crippen molar-refractivity contribution < 1.29 is 13.2 Å². The number of nitrogens with one attached hydrogen (secondary N) is 3. The van der Waals surface area contributed by atoms with Gasteiger partial charge in [-0.25, -0.2) is 13.1 Å². The molecule has 32 heavy (non-hydrogen) atoms. The van der Waals surface area contributed by atoms with Crippen molar-refractivity contribution in [1.29, 1.82) is 0 Å². The summed E-state index contributed by atoms with van der Waals surface area (Å²) in [6.45, 7) is 4.70. The quantitative estimate of drug-likeness (QED) is 0.280. The lowest BCUT2D eigenvalue weighted by atomic mass is 9.90. The van der Waals surface area contributed by atoms with Crippen molar-refractivity contribution in [3.63, 3.8) is 0 Å². The molecule has 4 rings (SSSR count). The Morgan fingerprint density at radius 1 is 1.12 bits per heavy atom. The monoisotopic (exact) mass is 570 g/mol. The summed E-state index contributed by atoms with van der Waals surface area (Å²) < 4.78 is 33.4. The second kappa shape index (κ2) is 9.96. The molecule has 1 aliphatic carbocycles. The van der Waals surface area contributed by atoms with E-state index in [2.05, 4.69) is 40.3 Å². The molecular weight excluding hydrogens is 539 g/mol. The predicted octanol–water partition coefficient (Wildman–Crippen LogP) is 3.71. The Balaban J connectivity index is 0.00000289. The molecule has 2 aromatic rings. The van der Waals surface area contributed by atoms with Crippen molar-refractivity contribution in [2.24, 2.45) is 4.99 Å². The maximum absolute atomic E-state index is 12.3. The lowest BCUT2D eigenvalue weighted by Gasteiger charge is -2.38. The fourth-order valence-corrected chi connectivity index (χ4v) is 5.06. The summed E-state index contributed by atoms with van der Waals surface area (Å²) in [7, 11) is -1.69. The molecule has 0 aromatic heterocycles. The summed E-state index contributed by atoms with van der Waals surface area (Å²) >= 11 is 0. The van der Waals surface area contributed by atoms with Gasteiger partial charge in [-0.15, -0.1) is 24.0 Å². The van der Waals surface area contributed by atoms with E-state index >= 15 is 0 Å². The first-order valence-electron chi connectivity index (χ1n) is 10.6. The third-order valence-corrected chi connectivity index (χ3v) is 7.04. The number of halogens is 1. The number of sulfonamides is 1. The van der Waals surface area contributed by atoms with E-state index in [1.165, 1.54) is 0 Å². The smallest absolute Gasteiger partial charge is 0.240 e. The van der Waals surface area contributed by atoms with Crippen molar-refractivity contribution in [3.05, 3.63) is 59.7 Å². The number of para-hydroxylation sites is 1. The van der Waals surface area contributed by atoms with Crippen molar-refractivity contribution in [3.8, 4) is 5.75 Å². The van der Waals surface area contributed by atoms with Crippen LogP contribution in [0.2, 0.25) is 0 Å². The molecule has 7 nitrogen and oxygen atoms in total. The van der Waals surface area contributed by atoms with Gasteiger partial charge in [-0.1, -0.05) is 30.3 Å². The first-order chi connectivity index (χ1) is 14.8. The summed E-state index contributed by atoms with van der Waals surface area (Å²) in [5.74, 6) is 1.58. The highest BCUT2D eigenvalue weighted by Crippen LogP contribution is 2.39. The fraction of sp³-hybridized carbons (Fsp3) is 0.435. The molecule has 3 N–H and O–H groups in total. The van der Waals surface area contributed by atoms with Crippen LogP contribution >= 0.6 is 24.0 Å². The molecule has 1 fully saturated rings. The SMILES string of the molecule is CN=C(NCc1ccc(S(=O)(=O)NC2CC2)cc1)NC1CC(C)(C)Oc2ccccc21.I. The molecule has 1 heterocycles. The molecule has 1 unspecified atom stereocenters. The third-order valence-electron chi connectivity index (χ3n) is 5.50. The maximum Gasteiger partial charge on any atom is 0.240 e. The Hall–Kier alpha value is -1.85. The minimum absolute atomic E-state index is 0. The van der Waals surface area contributed by atoms with E-state index in [1.807, 2.05) is 30.3 Å². The molecule has 9 heteroatoms. The van der Waals surface area contributed by atoms with Gasteiger partial charge in [0.05, 0.1) is 10.9 Å². The summed E-state index contributed by atoms with van der Waals surface area (Å²) in [6.07, 6.45) is 2.65. The van der Waals surface area contributed by atoms with Crippen molar-refractivity contribution in [1.82, 2.24) is 15.4 Å². The lowest BCUT2D eigenvalue weighted by molar-refractivity contribution is 0.0694. The normalized spacial score (nSPS) is 19.8. The van der Waals surface area contributed by atoms with Crippen LogP contribution < -0.4 is 20.1 Å². The van der Waals surface area contributed by atoms with Gasteiger partial charge in [0.15, 0.2) is 5.96 Å². The van der Waals surface area contributed by atoms with Crippen molar-refractivity contribution in [2.45, 2.75) is 62.2 Å². The Morgan fingerprint density at radius 2 is 1.81 bits per heavy atom. The molecule has 0 bridgehead atoms.